The van der Waals surface area contributed by atoms with Gasteiger partial charge in [-0.2, -0.15) is 0 Å². The molecule has 1 aromatic heterocycles. The van der Waals surface area contributed by atoms with Crippen molar-refractivity contribution in [3.63, 3.8) is 0 Å². The summed E-state index contributed by atoms with van der Waals surface area (Å²) in [5.41, 5.74) is 1.13. The Morgan fingerprint density at radius 2 is 1.77 bits per heavy atom. The second kappa shape index (κ2) is 7.86. The molecule has 1 N–H and O–H groups in total. The summed E-state index contributed by atoms with van der Waals surface area (Å²) in [5.74, 6) is 0.621. The summed E-state index contributed by atoms with van der Waals surface area (Å²) >= 11 is 0. The molecule has 2 heterocycles. The zero-order valence-corrected chi connectivity index (χ0v) is 14.6. The van der Waals surface area contributed by atoms with Crippen LogP contribution in [0.25, 0.3) is 0 Å². The number of aromatic nitrogens is 1. The fraction of sp³-hybridized carbons (Fsp3) is 0.316. The van der Waals surface area contributed by atoms with Gasteiger partial charge >= 0.3 is 5.97 Å². The smallest absolute Gasteiger partial charge is 0.337 e. The van der Waals surface area contributed by atoms with Gasteiger partial charge in [0.2, 0.25) is 5.91 Å². The van der Waals surface area contributed by atoms with Crippen molar-refractivity contribution in [3.05, 3.63) is 53.7 Å². The number of ether oxygens (including phenoxy) is 1. The van der Waals surface area contributed by atoms with Gasteiger partial charge in [0.05, 0.1) is 19.1 Å². The predicted octanol–water partition coefficient (Wildman–Crippen LogP) is 1.68. The van der Waals surface area contributed by atoms with E-state index in [4.69, 9.17) is 9.84 Å². The summed E-state index contributed by atoms with van der Waals surface area (Å²) in [6, 6.07) is 10.8. The second-order valence-electron chi connectivity index (χ2n) is 6.10. The van der Waals surface area contributed by atoms with Crippen molar-refractivity contribution >= 4 is 17.7 Å². The maximum absolute atomic E-state index is 12.5. The maximum Gasteiger partial charge on any atom is 0.337 e. The molecule has 1 aromatic carbocycles. The largest absolute Gasteiger partial charge is 0.497 e. The number of rotatable bonds is 5. The molecule has 0 saturated carbocycles. The van der Waals surface area contributed by atoms with E-state index in [9.17, 15) is 9.59 Å². The summed E-state index contributed by atoms with van der Waals surface area (Å²) in [5, 5.41) is 8.93. The van der Waals surface area contributed by atoms with Gasteiger partial charge in [-0.05, 0) is 29.8 Å². The Morgan fingerprint density at radius 3 is 2.31 bits per heavy atom. The van der Waals surface area contributed by atoms with Gasteiger partial charge < -0.3 is 19.6 Å². The Labute approximate surface area is 151 Å². The number of carbonyl (C=O) groups excluding carboxylic acids is 1. The van der Waals surface area contributed by atoms with Crippen molar-refractivity contribution < 1.29 is 19.4 Å². The Kier molecular flexibility index (Phi) is 5.36. The molecule has 26 heavy (non-hydrogen) atoms. The third-order valence-corrected chi connectivity index (χ3v) is 4.47. The first-order valence-corrected chi connectivity index (χ1v) is 8.42. The van der Waals surface area contributed by atoms with Crippen LogP contribution in [0.4, 0.5) is 5.82 Å². The molecule has 0 spiro atoms. The van der Waals surface area contributed by atoms with Crippen LogP contribution in [0.5, 0.6) is 5.75 Å². The Balaban J connectivity index is 1.53. The molecule has 7 nitrogen and oxygen atoms in total. The summed E-state index contributed by atoms with van der Waals surface area (Å²) in [6.45, 7) is 2.59. The predicted molar refractivity (Wildman–Crippen MR) is 96.7 cm³/mol. The molecule has 2 aromatic rings. The molecule has 136 valence electrons. The molecule has 3 rings (SSSR count). The van der Waals surface area contributed by atoms with Gasteiger partial charge in [0.15, 0.2) is 0 Å². The zero-order valence-electron chi connectivity index (χ0n) is 14.6. The van der Waals surface area contributed by atoms with Crippen molar-refractivity contribution in [2.75, 3.05) is 38.2 Å². The maximum atomic E-state index is 12.5. The van der Waals surface area contributed by atoms with Crippen LogP contribution in [0.2, 0.25) is 0 Å². The Bertz CT molecular complexity index is 766. The molecule has 0 atom stereocenters. The zero-order chi connectivity index (χ0) is 18.5. The molecule has 0 radical (unpaired) electrons. The highest BCUT2D eigenvalue weighted by molar-refractivity contribution is 5.87. The topological polar surface area (TPSA) is 83.0 Å². The van der Waals surface area contributed by atoms with Gasteiger partial charge in [0.1, 0.15) is 11.6 Å². The van der Waals surface area contributed by atoms with E-state index in [2.05, 4.69) is 9.88 Å². The van der Waals surface area contributed by atoms with Crippen molar-refractivity contribution in [2.24, 2.45) is 0 Å². The number of piperazine rings is 1. The van der Waals surface area contributed by atoms with Gasteiger partial charge in [-0.25, -0.2) is 9.78 Å². The van der Waals surface area contributed by atoms with E-state index in [-0.39, 0.29) is 11.5 Å². The first kappa shape index (κ1) is 17.7. The third-order valence-electron chi connectivity index (χ3n) is 4.47. The van der Waals surface area contributed by atoms with Gasteiger partial charge in [0, 0.05) is 32.4 Å². The van der Waals surface area contributed by atoms with Crippen LogP contribution in [0.3, 0.4) is 0 Å². The minimum atomic E-state index is -0.988. The van der Waals surface area contributed by atoms with Crippen molar-refractivity contribution in [1.29, 1.82) is 0 Å². The van der Waals surface area contributed by atoms with Crippen LogP contribution in [-0.2, 0) is 11.2 Å². The van der Waals surface area contributed by atoms with Crippen molar-refractivity contribution in [1.82, 2.24) is 9.88 Å². The molecular formula is C19H21N3O4. The summed E-state index contributed by atoms with van der Waals surface area (Å²) in [6.07, 6.45) is 1.73. The lowest BCUT2D eigenvalue weighted by molar-refractivity contribution is -0.130. The summed E-state index contributed by atoms with van der Waals surface area (Å²) in [4.78, 5) is 31.5. The molecule has 1 aliphatic heterocycles. The minimum Gasteiger partial charge on any atom is -0.497 e. The Hall–Kier alpha value is -3.09. The number of methoxy groups -OCH3 is 1. The van der Waals surface area contributed by atoms with E-state index in [1.807, 2.05) is 29.2 Å². The molecular weight excluding hydrogens is 334 g/mol. The van der Waals surface area contributed by atoms with Crippen LogP contribution in [0, 0.1) is 0 Å². The molecule has 0 unspecified atom stereocenters. The minimum absolute atomic E-state index is 0.101. The van der Waals surface area contributed by atoms with E-state index in [0.29, 0.717) is 32.6 Å². The average Bonchev–Trinajstić information content (AvgIpc) is 2.69. The Morgan fingerprint density at radius 1 is 1.08 bits per heavy atom. The molecule has 7 heteroatoms. The van der Waals surface area contributed by atoms with Gasteiger partial charge in [-0.1, -0.05) is 12.1 Å². The molecule has 0 bridgehead atoms. The lowest BCUT2D eigenvalue weighted by Crippen LogP contribution is -2.49. The quantitative estimate of drug-likeness (QED) is 0.879. The van der Waals surface area contributed by atoms with Crippen LogP contribution in [0.1, 0.15) is 15.9 Å². The number of hydrogen-bond donors (Lipinski definition) is 1. The van der Waals surface area contributed by atoms with E-state index in [1.54, 1.807) is 19.2 Å². The molecule has 1 saturated heterocycles. The lowest BCUT2D eigenvalue weighted by Gasteiger charge is -2.35. The number of anilines is 1. The van der Waals surface area contributed by atoms with Crippen LogP contribution < -0.4 is 9.64 Å². The first-order valence-electron chi connectivity index (χ1n) is 8.42. The molecule has 1 amide bonds. The standard InChI is InChI=1S/C19H21N3O4/c1-26-16-5-2-14(3-6-16)12-18(23)22-10-8-21(9-11-22)17-7-4-15(13-20-17)19(24)25/h2-7,13H,8-12H2,1H3,(H,24,25). The summed E-state index contributed by atoms with van der Waals surface area (Å²) in [7, 11) is 1.61. The molecule has 0 aliphatic carbocycles. The second-order valence-corrected chi connectivity index (χ2v) is 6.10. The fourth-order valence-electron chi connectivity index (χ4n) is 2.91. The number of amides is 1. The number of aromatic carboxylic acids is 1. The molecule has 1 fully saturated rings. The number of benzene rings is 1. The molecule has 1 aliphatic rings. The monoisotopic (exact) mass is 355 g/mol. The van der Waals surface area contributed by atoms with Gasteiger partial charge in [0.25, 0.3) is 0 Å². The number of carboxylic acid groups (broad SMARTS) is 1. The van der Waals surface area contributed by atoms with Gasteiger partial charge in [-0.15, -0.1) is 0 Å². The average molecular weight is 355 g/mol. The highest BCUT2D eigenvalue weighted by Crippen LogP contribution is 2.16. The van der Waals surface area contributed by atoms with Crippen molar-refractivity contribution in [2.45, 2.75) is 6.42 Å². The van der Waals surface area contributed by atoms with Crippen LogP contribution in [0.15, 0.2) is 42.6 Å². The lowest BCUT2D eigenvalue weighted by atomic mass is 10.1. The van der Waals surface area contributed by atoms with Crippen LogP contribution >= 0.6 is 0 Å². The van der Waals surface area contributed by atoms with E-state index >= 15 is 0 Å². The first-order chi connectivity index (χ1) is 12.6. The van der Waals surface area contributed by atoms with E-state index < -0.39 is 5.97 Å². The summed E-state index contributed by atoms with van der Waals surface area (Å²) < 4.78 is 5.13. The number of carbonyl (C=O) groups is 2. The highest BCUT2D eigenvalue weighted by Gasteiger charge is 2.22. The number of carboxylic acids is 1. The third kappa shape index (κ3) is 4.11. The van der Waals surface area contributed by atoms with Crippen molar-refractivity contribution in [3.8, 4) is 5.75 Å². The van der Waals surface area contributed by atoms with E-state index in [0.717, 1.165) is 17.1 Å². The number of nitrogens with zero attached hydrogens (tertiary/aromatic N) is 3. The number of hydrogen-bond acceptors (Lipinski definition) is 5. The van der Waals surface area contributed by atoms with Gasteiger partial charge in [-0.3, -0.25) is 4.79 Å². The van der Waals surface area contributed by atoms with E-state index in [1.165, 1.54) is 6.20 Å². The SMILES string of the molecule is COc1ccc(CC(=O)N2CCN(c3ccc(C(=O)O)cn3)CC2)cc1. The number of pyridine rings is 1. The fourth-order valence-corrected chi connectivity index (χ4v) is 2.91. The normalized spacial score (nSPS) is 14.2. The highest BCUT2D eigenvalue weighted by atomic mass is 16.5. The van der Waals surface area contributed by atoms with Crippen LogP contribution in [-0.4, -0.2) is 60.2 Å².